The van der Waals surface area contributed by atoms with Crippen LogP contribution in [-0.4, -0.2) is 21.5 Å². The Morgan fingerprint density at radius 1 is 1.17 bits per heavy atom. The van der Waals surface area contributed by atoms with Crippen LogP contribution in [-0.2, 0) is 4.74 Å². The third kappa shape index (κ3) is 3.81. The zero-order valence-corrected chi connectivity index (χ0v) is 14.2. The monoisotopic (exact) mass is 313 g/mol. The average Bonchev–Trinajstić information content (AvgIpc) is 3.05. The first-order valence-corrected chi connectivity index (χ1v) is 8.91. The molecule has 4 nitrogen and oxygen atoms in total. The van der Waals surface area contributed by atoms with E-state index in [-0.39, 0.29) is 6.10 Å². The molecule has 1 saturated carbocycles. The number of aryl methyl sites for hydroxylation is 1. The molecule has 4 heteroatoms. The molecule has 0 aliphatic heterocycles. The van der Waals surface area contributed by atoms with E-state index >= 15 is 0 Å². The second-order valence-electron chi connectivity index (χ2n) is 6.55. The number of aromatic nitrogens is 3. The molecule has 2 aromatic rings. The van der Waals surface area contributed by atoms with Crippen LogP contribution >= 0.6 is 0 Å². The van der Waals surface area contributed by atoms with Crippen molar-refractivity contribution in [1.29, 1.82) is 0 Å². The van der Waals surface area contributed by atoms with Gasteiger partial charge in [-0.3, -0.25) is 0 Å². The zero-order chi connectivity index (χ0) is 16.1. The first kappa shape index (κ1) is 16.2. The molecule has 1 aliphatic rings. The molecule has 0 amide bonds. The Kier molecular flexibility index (Phi) is 5.44. The van der Waals surface area contributed by atoms with Crippen molar-refractivity contribution in [2.75, 3.05) is 0 Å². The fraction of sp³-hybridized carbons (Fsp3) is 0.579. The molecule has 124 valence electrons. The van der Waals surface area contributed by atoms with Gasteiger partial charge in [0.05, 0.1) is 6.10 Å². The normalized spacial score (nSPS) is 17.3. The molecule has 0 bridgehead atoms. The minimum Gasteiger partial charge on any atom is -0.369 e. The summed E-state index contributed by atoms with van der Waals surface area (Å²) in [5, 5.41) is 11.7. The van der Waals surface area contributed by atoms with E-state index < -0.39 is 0 Å². The highest BCUT2D eigenvalue weighted by molar-refractivity contribution is 5.65. The maximum Gasteiger partial charge on any atom is 0.119 e. The van der Waals surface area contributed by atoms with Gasteiger partial charge < -0.3 is 4.74 Å². The summed E-state index contributed by atoms with van der Waals surface area (Å²) in [5.74, 6) is 0. The lowest BCUT2D eigenvalue weighted by molar-refractivity contribution is -0.0372. The number of ether oxygens (including phenoxy) is 1. The third-order valence-electron chi connectivity index (χ3n) is 4.74. The van der Waals surface area contributed by atoms with Crippen molar-refractivity contribution in [2.24, 2.45) is 0 Å². The van der Waals surface area contributed by atoms with Gasteiger partial charge in [-0.2, -0.15) is 15.4 Å². The maximum absolute atomic E-state index is 6.46. The summed E-state index contributed by atoms with van der Waals surface area (Å²) >= 11 is 0. The summed E-state index contributed by atoms with van der Waals surface area (Å²) in [5.41, 5.74) is 4.27. The third-order valence-corrected chi connectivity index (χ3v) is 4.74. The van der Waals surface area contributed by atoms with Gasteiger partial charge in [0, 0.05) is 5.56 Å². The van der Waals surface area contributed by atoms with Crippen molar-refractivity contribution in [3.63, 3.8) is 0 Å². The van der Waals surface area contributed by atoms with E-state index in [2.05, 4.69) is 53.5 Å². The molecular weight excluding hydrogens is 286 g/mol. The summed E-state index contributed by atoms with van der Waals surface area (Å²) in [7, 11) is 0. The van der Waals surface area contributed by atoms with E-state index in [0.717, 1.165) is 29.8 Å². The van der Waals surface area contributed by atoms with Gasteiger partial charge in [-0.25, -0.2) is 0 Å². The fourth-order valence-corrected chi connectivity index (χ4v) is 3.47. The summed E-state index contributed by atoms with van der Waals surface area (Å²) in [6.45, 7) is 4.31. The number of nitrogens with zero attached hydrogens (tertiary/aromatic N) is 2. The van der Waals surface area contributed by atoms with Gasteiger partial charge in [-0.05, 0) is 31.7 Å². The topological polar surface area (TPSA) is 50.8 Å². The predicted molar refractivity (Wildman–Crippen MR) is 92.2 cm³/mol. The Hall–Kier alpha value is -1.68. The zero-order valence-electron chi connectivity index (χ0n) is 14.2. The average molecular weight is 313 g/mol. The molecule has 1 aliphatic carbocycles. The lowest BCUT2D eigenvalue weighted by atomic mass is 9.96. The van der Waals surface area contributed by atoms with Crippen LogP contribution in [0.5, 0.6) is 0 Å². The van der Waals surface area contributed by atoms with Crippen LogP contribution in [0.2, 0.25) is 0 Å². The van der Waals surface area contributed by atoms with Crippen LogP contribution in [0.1, 0.15) is 69.2 Å². The van der Waals surface area contributed by atoms with E-state index in [1.807, 2.05) is 0 Å². The van der Waals surface area contributed by atoms with Crippen LogP contribution < -0.4 is 0 Å². The molecule has 0 saturated heterocycles. The molecular formula is C19H27N3O. The van der Waals surface area contributed by atoms with Crippen LogP contribution in [0.25, 0.3) is 11.3 Å². The van der Waals surface area contributed by atoms with E-state index in [9.17, 15) is 0 Å². The highest BCUT2D eigenvalue weighted by Gasteiger charge is 2.25. The summed E-state index contributed by atoms with van der Waals surface area (Å²) in [4.78, 5) is 0. The number of hydrogen-bond donors (Lipinski definition) is 1. The van der Waals surface area contributed by atoms with Crippen LogP contribution in [0, 0.1) is 6.92 Å². The van der Waals surface area contributed by atoms with Crippen molar-refractivity contribution >= 4 is 0 Å². The number of benzene rings is 1. The van der Waals surface area contributed by atoms with Gasteiger partial charge in [0.15, 0.2) is 0 Å². The van der Waals surface area contributed by atoms with Crippen LogP contribution in [0.4, 0.5) is 0 Å². The maximum atomic E-state index is 6.46. The minimum absolute atomic E-state index is 0.0384. The summed E-state index contributed by atoms with van der Waals surface area (Å²) < 4.78 is 6.46. The number of rotatable bonds is 6. The van der Waals surface area contributed by atoms with Crippen molar-refractivity contribution < 1.29 is 4.74 Å². The standard InChI is InChI=1S/C19H27N3O/c1-3-9-17(23-15-11-5-4-6-12-15)19-18(20-22-21-19)16-13-8-7-10-14(16)2/h7-8,10,13,15,17H,3-6,9,11-12H2,1-2H3,(H,20,21,22). The van der Waals surface area contributed by atoms with Crippen molar-refractivity contribution in [1.82, 2.24) is 15.4 Å². The molecule has 23 heavy (non-hydrogen) atoms. The second-order valence-corrected chi connectivity index (χ2v) is 6.55. The van der Waals surface area contributed by atoms with Gasteiger partial charge in [0.2, 0.25) is 0 Å². The Bertz CT molecular complexity index is 617. The first-order chi connectivity index (χ1) is 11.3. The van der Waals surface area contributed by atoms with Gasteiger partial charge in [0.1, 0.15) is 17.5 Å². The van der Waals surface area contributed by atoms with E-state index in [4.69, 9.17) is 4.74 Å². The molecule has 0 radical (unpaired) electrons. The molecule has 1 aromatic carbocycles. The fourth-order valence-electron chi connectivity index (χ4n) is 3.47. The Morgan fingerprint density at radius 2 is 1.96 bits per heavy atom. The lowest BCUT2D eigenvalue weighted by Crippen LogP contribution is -2.20. The number of hydrogen-bond acceptors (Lipinski definition) is 3. The smallest absolute Gasteiger partial charge is 0.119 e. The molecule has 0 spiro atoms. The van der Waals surface area contributed by atoms with E-state index in [1.165, 1.54) is 37.7 Å². The number of nitrogens with one attached hydrogen (secondary N) is 1. The summed E-state index contributed by atoms with van der Waals surface area (Å²) in [6.07, 6.45) is 8.75. The van der Waals surface area contributed by atoms with Gasteiger partial charge in [0.25, 0.3) is 0 Å². The van der Waals surface area contributed by atoms with E-state index in [1.54, 1.807) is 0 Å². The molecule has 1 heterocycles. The van der Waals surface area contributed by atoms with Crippen LogP contribution in [0.15, 0.2) is 24.3 Å². The lowest BCUT2D eigenvalue weighted by Gasteiger charge is -2.27. The molecule has 1 unspecified atom stereocenters. The predicted octanol–water partition coefficient (Wildman–Crippen LogP) is 4.97. The molecule has 1 aromatic heterocycles. The quantitative estimate of drug-likeness (QED) is 0.819. The molecule has 1 atom stereocenters. The van der Waals surface area contributed by atoms with E-state index in [0.29, 0.717) is 6.10 Å². The molecule has 3 rings (SSSR count). The Labute approximate surface area is 138 Å². The van der Waals surface area contributed by atoms with Gasteiger partial charge in [-0.1, -0.05) is 56.9 Å². The largest absolute Gasteiger partial charge is 0.369 e. The molecule has 1 N–H and O–H groups in total. The summed E-state index contributed by atoms with van der Waals surface area (Å²) in [6, 6.07) is 8.34. The Morgan fingerprint density at radius 3 is 2.70 bits per heavy atom. The highest BCUT2D eigenvalue weighted by atomic mass is 16.5. The van der Waals surface area contributed by atoms with Crippen molar-refractivity contribution in [3.8, 4) is 11.3 Å². The highest BCUT2D eigenvalue weighted by Crippen LogP contribution is 2.34. The molecule has 1 fully saturated rings. The van der Waals surface area contributed by atoms with Gasteiger partial charge in [-0.15, -0.1) is 0 Å². The SMILES string of the molecule is CCCC(OC1CCCCC1)c1n[nH]nc1-c1ccccc1C. The van der Waals surface area contributed by atoms with Gasteiger partial charge >= 0.3 is 0 Å². The van der Waals surface area contributed by atoms with Crippen molar-refractivity contribution in [3.05, 3.63) is 35.5 Å². The minimum atomic E-state index is 0.0384. The number of H-pyrrole nitrogens is 1. The van der Waals surface area contributed by atoms with Crippen molar-refractivity contribution in [2.45, 2.75) is 71.0 Å². The Balaban J connectivity index is 1.85. The van der Waals surface area contributed by atoms with Crippen LogP contribution in [0.3, 0.4) is 0 Å². The second kappa shape index (κ2) is 7.73. The number of aromatic amines is 1. The first-order valence-electron chi connectivity index (χ1n) is 8.91.